The highest BCUT2D eigenvalue weighted by Crippen LogP contribution is 2.34. The maximum Gasteiger partial charge on any atom is 0.251 e. The van der Waals surface area contributed by atoms with Gasteiger partial charge in [-0.15, -0.1) is 0 Å². The molecule has 3 N–H and O–H groups in total. The molecule has 0 aliphatic heterocycles. The van der Waals surface area contributed by atoms with Crippen LogP contribution in [0, 0.1) is 13.8 Å². The van der Waals surface area contributed by atoms with E-state index in [0.717, 1.165) is 41.2 Å². The molecule has 0 radical (unpaired) electrons. The number of nitrogens with zero attached hydrogens (tertiary/aromatic N) is 1. The Morgan fingerprint density at radius 1 is 1.11 bits per heavy atom. The fourth-order valence-corrected chi connectivity index (χ4v) is 3.57. The van der Waals surface area contributed by atoms with Gasteiger partial charge < -0.3 is 20.1 Å². The SMILES string of the molecule is COc1ccc(CCn2c(C)c(C(N)=O)c(-c3cccc(O)c3)c2C)cc1. The van der Waals surface area contributed by atoms with Gasteiger partial charge in [-0.3, -0.25) is 4.79 Å². The zero-order chi connectivity index (χ0) is 19.6. The van der Waals surface area contributed by atoms with Gasteiger partial charge in [0.2, 0.25) is 0 Å². The molecular formula is C22H24N2O3. The predicted molar refractivity (Wildman–Crippen MR) is 106 cm³/mol. The molecule has 3 rings (SSSR count). The molecule has 1 heterocycles. The minimum absolute atomic E-state index is 0.158. The van der Waals surface area contributed by atoms with Gasteiger partial charge in [0, 0.05) is 23.5 Å². The summed E-state index contributed by atoms with van der Waals surface area (Å²) < 4.78 is 7.31. The van der Waals surface area contributed by atoms with Crippen molar-refractivity contribution in [2.75, 3.05) is 7.11 Å². The van der Waals surface area contributed by atoms with Crippen LogP contribution in [-0.4, -0.2) is 22.7 Å². The fraction of sp³-hybridized carbons (Fsp3) is 0.227. The Balaban J connectivity index is 1.98. The molecule has 1 amide bonds. The fourth-order valence-electron chi connectivity index (χ4n) is 3.57. The number of carbonyl (C=O) groups is 1. The summed E-state index contributed by atoms with van der Waals surface area (Å²) in [5.74, 6) is 0.525. The second kappa shape index (κ2) is 7.58. The van der Waals surface area contributed by atoms with Gasteiger partial charge in [0.05, 0.1) is 12.7 Å². The molecule has 27 heavy (non-hydrogen) atoms. The Kier molecular flexibility index (Phi) is 5.21. The highest BCUT2D eigenvalue weighted by molar-refractivity contribution is 6.02. The summed E-state index contributed by atoms with van der Waals surface area (Å²) in [5.41, 5.74) is 10.7. The predicted octanol–water partition coefficient (Wildman–Crippen LogP) is 3.83. The Morgan fingerprint density at radius 2 is 1.81 bits per heavy atom. The van der Waals surface area contributed by atoms with E-state index < -0.39 is 5.91 Å². The Labute approximate surface area is 159 Å². The third kappa shape index (κ3) is 3.67. The summed E-state index contributed by atoms with van der Waals surface area (Å²) in [5, 5.41) is 9.83. The van der Waals surface area contributed by atoms with Gasteiger partial charge in [0.1, 0.15) is 11.5 Å². The molecule has 0 aliphatic carbocycles. The number of aromatic hydroxyl groups is 1. The number of ether oxygens (including phenoxy) is 1. The van der Waals surface area contributed by atoms with E-state index in [1.807, 2.05) is 44.2 Å². The van der Waals surface area contributed by atoms with Crippen molar-refractivity contribution >= 4 is 5.91 Å². The topological polar surface area (TPSA) is 77.5 Å². The molecule has 5 nitrogen and oxygen atoms in total. The first-order valence-corrected chi connectivity index (χ1v) is 8.84. The Morgan fingerprint density at radius 3 is 2.41 bits per heavy atom. The van der Waals surface area contributed by atoms with Crippen LogP contribution < -0.4 is 10.5 Å². The molecule has 0 spiro atoms. The van der Waals surface area contributed by atoms with Gasteiger partial charge in [-0.25, -0.2) is 0 Å². The average molecular weight is 364 g/mol. The van der Waals surface area contributed by atoms with Gasteiger partial charge in [-0.1, -0.05) is 24.3 Å². The maximum atomic E-state index is 12.1. The van der Waals surface area contributed by atoms with Crippen molar-refractivity contribution in [1.82, 2.24) is 4.57 Å². The summed E-state index contributed by atoms with van der Waals surface area (Å²) in [4.78, 5) is 12.1. The second-order valence-corrected chi connectivity index (χ2v) is 6.59. The maximum absolute atomic E-state index is 12.1. The number of rotatable bonds is 6. The number of nitrogens with two attached hydrogens (primary N) is 1. The average Bonchev–Trinajstić information content (AvgIpc) is 2.91. The van der Waals surface area contributed by atoms with Crippen LogP contribution >= 0.6 is 0 Å². The van der Waals surface area contributed by atoms with E-state index in [0.29, 0.717) is 5.56 Å². The third-order valence-corrected chi connectivity index (χ3v) is 4.95. The number of benzene rings is 2. The van der Waals surface area contributed by atoms with Crippen molar-refractivity contribution in [2.45, 2.75) is 26.8 Å². The van der Waals surface area contributed by atoms with E-state index in [1.54, 1.807) is 25.3 Å². The molecule has 0 saturated carbocycles. The quantitative estimate of drug-likeness (QED) is 0.698. The second-order valence-electron chi connectivity index (χ2n) is 6.59. The number of aryl methyl sites for hydroxylation is 1. The number of methoxy groups -OCH3 is 1. The van der Waals surface area contributed by atoms with E-state index in [-0.39, 0.29) is 5.75 Å². The van der Waals surface area contributed by atoms with Crippen molar-refractivity contribution in [3.63, 3.8) is 0 Å². The first-order chi connectivity index (χ1) is 12.9. The van der Waals surface area contributed by atoms with Crippen molar-refractivity contribution in [3.8, 4) is 22.6 Å². The zero-order valence-corrected chi connectivity index (χ0v) is 15.8. The van der Waals surface area contributed by atoms with E-state index in [4.69, 9.17) is 10.5 Å². The molecule has 5 heteroatoms. The van der Waals surface area contributed by atoms with Gasteiger partial charge in [0.15, 0.2) is 0 Å². The normalized spacial score (nSPS) is 10.8. The number of amides is 1. The van der Waals surface area contributed by atoms with Crippen molar-refractivity contribution in [3.05, 3.63) is 71.0 Å². The molecule has 0 unspecified atom stereocenters. The third-order valence-electron chi connectivity index (χ3n) is 4.95. The van der Waals surface area contributed by atoms with Crippen molar-refractivity contribution < 1.29 is 14.6 Å². The summed E-state index contributed by atoms with van der Waals surface area (Å²) in [6.45, 7) is 4.61. The lowest BCUT2D eigenvalue weighted by Crippen LogP contribution is -2.13. The van der Waals surface area contributed by atoms with Crippen LogP contribution in [-0.2, 0) is 13.0 Å². The number of primary amides is 1. The van der Waals surface area contributed by atoms with Crippen molar-refractivity contribution in [1.29, 1.82) is 0 Å². The number of carbonyl (C=O) groups excluding carboxylic acids is 1. The first kappa shape index (κ1) is 18.6. The molecule has 140 valence electrons. The molecule has 3 aromatic rings. The van der Waals surface area contributed by atoms with E-state index in [9.17, 15) is 9.90 Å². The number of hydrogen-bond donors (Lipinski definition) is 2. The lowest BCUT2D eigenvalue weighted by Gasteiger charge is -2.10. The van der Waals surface area contributed by atoms with Crippen LogP contribution in [0.2, 0.25) is 0 Å². The summed E-state index contributed by atoms with van der Waals surface area (Å²) in [6.07, 6.45) is 0.817. The van der Waals surface area contributed by atoms with Gasteiger partial charge in [-0.2, -0.15) is 0 Å². The summed E-state index contributed by atoms with van der Waals surface area (Å²) >= 11 is 0. The minimum atomic E-state index is -0.461. The van der Waals surface area contributed by atoms with E-state index in [1.165, 1.54) is 5.56 Å². The summed E-state index contributed by atoms with van der Waals surface area (Å²) in [6, 6.07) is 14.9. The van der Waals surface area contributed by atoms with E-state index in [2.05, 4.69) is 4.57 Å². The molecule has 1 aromatic heterocycles. The van der Waals surface area contributed by atoms with Gasteiger partial charge >= 0.3 is 0 Å². The van der Waals surface area contributed by atoms with Crippen LogP contribution in [0.15, 0.2) is 48.5 Å². The molecule has 0 saturated heterocycles. The number of phenolic OH excluding ortho intramolecular Hbond substituents is 1. The standard InChI is InChI=1S/C22H24N2O3/c1-14-20(17-5-4-6-18(25)13-17)21(22(23)26)15(2)24(14)12-11-16-7-9-19(27-3)10-8-16/h4-10,13,25H,11-12H2,1-3H3,(H2,23,26). The Bertz CT molecular complexity index is 972. The Hall–Kier alpha value is -3.21. The lowest BCUT2D eigenvalue weighted by atomic mass is 10.00. The van der Waals surface area contributed by atoms with Gasteiger partial charge in [0.25, 0.3) is 5.91 Å². The van der Waals surface area contributed by atoms with Crippen molar-refractivity contribution in [2.24, 2.45) is 5.73 Å². The molecule has 0 bridgehead atoms. The minimum Gasteiger partial charge on any atom is -0.508 e. The largest absolute Gasteiger partial charge is 0.508 e. The first-order valence-electron chi connectivity index (χ1n) is 8.84. The molecule has 2 aromatic carbocycles. The highest BCUT2D eigenvalue weighted by atomic mass is 16.5. The molecule has 0 atom stereocenters. The number of phenols is 1. The smallest absolute Gasteiger partial charge is 0.251 e. The lowest BCUT2D eigenvalue weighted by molar-refractivity contribution is 0.1000. The molecular weight excluding hydrogens is 340 g/mol. The summed E-state index contributed by atoms with van der Waals surface area (Å²) in [7, 11) is 1.65. The number of aromatic nitrogens is 1. The van der Waals surface area contributed by atoms with Crippen LogP contribution in [0.5, 0.6) is 11.5 Å². The van der Waals surface area contributed by atoms with Gasteiger partial charge in [-0.05, 0) is 55.7 Å². The monoisotopic (exact) mass is 364 g/mol. The van der Waals surface area contributed by atoms with Crippen LogP contribution in [0.1, 0.15) is 27.3 Å². The van der Waals surface area contributed by atoms with E-state index >= 15 is 0 Å². The molecule has 0 fully saturated rings. The zero-order valence-electron chi connectivity index (χ0n) is 15.8. The number of hydrogen-bond acceptors (Lipinski definition) is 3. The van der Waals surface area contributed by atoms with Crippen LogP contribution in [0.3, 0.4) is 0 Å². The molecule has 0 aliphatic rings. The van der Waals surface area contributed by atoms with Crippen LogP contribution in [0.25, 0.3) is 11.1 Å². The van der Waals surface area contributed by atoms with Crippen LogP contribution in [0.4, 0.5) is 0 Å². The highest BCUT2D eigenvalue weighted by Gasteiger charge is 2.22.